The standard InChI is InChI=1S/C16H27NO2/c1-5-6-7-11-17(12(2)3)13(4)16-14(18)9-8-10-15(16)19/h8-10,12-13,18-19H,5-7,11H2,1-4H3. The van der Waals surface area contributed by atoms with Gasteiger partial charge in [-0.3, -0.25) is 4.90 Å². The number of hydrogen-bond acceptors (Lipinski definition) is 3. The summed E-state index contributed by atoms with van der Waals surface area (Å²) in [5.41, 5.74) is 0.632. The Labute approximate surface area is 116 Å². The van der Waals surface area contributed by atoms with Crippen molar-refractivity contribution in [1.82, 2.24) is 4.90 Å². The molecule has 19 heavy (non-hydrogen) atoms. The second-order valence-corrected chi connectivity index (χ2v) is 5.42. The molecule has 108 valence electrons. The maximum absolute atomic E-state index is 9.98. The molecule has 0 aromatic heterocycles. The van der Waals surface area contributed by atoms with Crippen LogP contribution in [0.5, 0.6) is 11.5 Å². The van der Waals surface area contributed by atoms with Crippen LogP contribution in [0.2, 0.25) is 0 Å². The first-order valence-electron chi connectivity index (χ1n) is 7.25. The molecule has 0 aliphatic carbocycles. The Hall–Kier alpha value is -1.22. The summed E-state index contributed by atoms with van der Waals surface area (Å²) in [6, 6.07) is 5.33. The Kier molecular flexibility index (Phi) is 6.16. The fraction of sp³-hybridized carbons (Fsp3) is 0.625. The minimum Gasteiger partial charge on any atom is -0.507 e. The topological polar surface area (TPSA) is 43.7 Å². The lowest BCUT2D eigenvalue weighted by Crippen LogP contribution is -2.34. The first kappa shape index (κ1) is 15.8. The largest absolute Gasteiger partial charge is 0.507 e. The van der Waals surface area contributed by atoms with Crippen molar-refractivity contribution in [2.75, 3.05) is 6.54 Å². The zero-order chi connectivity index (χ0) is 14.4. The van der Waals surface area contributed by atoms with Crippen LogP contribution in [0.25, 0.3) is 0 Å². The van der Waals surface area contributed by atoms with E-state index in [0.717, 1.165) is 13.0 Å². The van der Waals surface area contributed by atoms with Crippen LogP contribution in [0.4, 0.5) is 0 Å². The van der Waals surface area contributed by atoms with Crippen molar-refractivity contribution in [3.05, 3.63) is 23.8 Å². The number of rotatable bonds is 7. The molecule has 3 nitrogen and oxygen atoms in total. The SMILES string of the molecule is CCCCCN(C(C)C)C(C)c1c(O)cccc1O. The molecule has 0 heterocycles. The monoisotopic (exact) mass is 265 g/mol. The Morgan fingerprint density at radius 3 is 2.11 bits per heavy atom. The van der Waals surface area contributed by atoms with E-state index in [0.29, 0.717) is 11.6 Å². The summed E-state index contributed by atoms with van der Waals surface area (Å²) in [5.74, 6) is 0.349. The summed E-state index contributed by atoms with van der Waals surface area (Å²) in [4.78, 5) is 2.32. The molecular weight excluding hydrogens is 238 g/mol. The molecule has 0 radical (unpaired) electrons. The molecule has 0 spiro atoms. The number of nitrogens with zero attached hydrogens (tertiary/aromatic N) is 1. The van der Waals surface area contributed by atoms with Crippen molar-refractivity contribution in [3.63, 3.8) is 0 Å². The van der Waals surface area contributed by atoms with Crippen LogP contribution in [-0.2, 0) is 0 Å². The van der Waals surface area contributed by atoms with Gasteiger partial charge in [0.1, 0.15) is 11.5 Å². The molecule has 0 amide bonds. The lowest BCUT2D eigenvalue weighted by Gasteiger charge is -2.33. The predicted octanol–water partition coefficient (Wildman–Crippen LogP) is 4.06. The summed E-state index contributed by atoms with van der Waals surface area (Å²) < 4.78 is 0. The van der Waals surface area contributed by atoms with Gasteiger partial charge < -0.3 is 10.2 Å². The summed E-state index contributed by atoms with van der Waals surface area (Å²) >= 11 is 0. The minimum atomic E-state index is 0.0121. The summed E-state index contributed by atoms with van der Waals surface area (Å²) in [7, 11) is 0. The number of hydrogen-bond donors (Lipinski definition) is 2. The number of benzene rings is 1. The molecule has 0 fully saturated rings. The molecule has 1 atom stereocenters. The number of unbranched alkanes of at least 4 members (excludes halogenated alkanes) is 2. The highest BCUT2D eigenvalue weighted by molar-refractivity contribution is 5.45. The third-order valence-electron chi connectivity index (χ3n) is 3.66. The van der Waals surface area contributed by atoms with Crippen LogP contribution in [0.3, 0.4) is 0 Å². The van der Waals surface area contributed by atoms with Crippen molar-refractivity contribution in [2.45, 2.75) is 59.0 Å². The summed E-state index contributed by atoms with van der Waals surface area (Å²) in [6.07, 6.45) is 3.55. The average molecular weight is 265 g/mol. The van der Waals surface area contributed by atoms with Crippen LogP contribution in [-0.4, -0.2) is 27.7 Å². The highest BCUT2D eigenvalue weighted by Crippen LogP contribution is 2.36. The van der Waals surface area contributed by atoms with E-state index in [9.17, 15) is 10.2 Å². The molecule has 1 rings (SSSR count). The third kappa shape index (κ3) is 4.13. The minimum absolute atomic E-state index is 0.0121. The van der Waals surface area contributed by atoms with E-state index in [1.807, 2.05) is 6.92 Å². The Bertz CT molecular complexity index is 370. The molecule has 0 aliphatic rings. The molecule has 1 unspecified atom stereocenters. The van der Waals surface area contributed by atoms with Crippen molar-refractivity contribution >= 4 is 0 Å². The fourth-order valence-corrected chi connectivity index (χ4v) is 2.58. The van der Waals surface area contributed by atoms with Gasteiger partial charge in [0.05, 0.1) is 5.56 Å². The molecule has 1 aromatic rings. The quantitative estimate of drug-likeness (QED) is 0.731. The Morgan fingerprint density at radius 1 is 1.05 bits per heavy atom. The van der Waals surface area contributed by atoms with Gasteiger partial charge in [0.25, 0.3) is 0 Å². The van der Waals surface area contributed by atoms with E-state index in [2.05, 4.69) is 25.7 Å². The molecule has 0 aliphatic heterocycles. The van der Waals surface area contributed by atoms with Gasteiger partial charge >= 0.3 is 0 Å². The molecule has 0 saturated carbocycles. The first-order chi connectivity index (χ1) is 8.99. The van der Waals surface area contributed by atoms with Gasteiger partial charge in [-0.25, -0.2) is 0 Å². The second kappa shape index (κ2) is 7.39. The van der Waals surface area contributed by atoms with Gasteiger partial charge in [-0.1, -0.05) is 25.8 Å². The van der Waals surface area contributed by atoms with Gasteiger partial charge in [0, 0.05) is 12.1 Å². The van der Waals surface area contributed by atoms with E-state index in [1.54, 1.807) is 18.2 Å². The van der Waals surface area contributed by atoms with Crippen molar-refractivity contribution in [2.24, 2.45) is 0 Å². The van der Waals surface area contributed by atoms with E-state index in [-0.39, 0.29) is 17.5 Å². The number of phenolic OH excluding ortho intramolecular Hbond substituents is 2. The molecule has 1 aromatic carbocycles. The molecule has 0 bridgehead atoms. The normalized spacial score (nSPS) is 13.2. The van der Waals surface area contributed by atoms with Crippen LogP contribution >= 0.6 is 0 Å². The van der Waals surface area contributed by atoms with Gasteiger partial charge in [0.15, 0.2) is 0 Å². The maximum Gasteiger partial charge on any atom is 0.124 e. The van der Waals surface area contributed by atoms with Crippen molar-refractivity contribution in [1.29, 1.82) is 0 Å². The molecule has 0 saturated heterocycles. The highest BCUT2D eigenvalue weighted by Gasteiger charge is 2.23. The van der Waals surface area contributed by atoms with Gasteiger partial charge in [-0.15, -0.1) is 0 Å². The van der Waals surface area contributed by atoms with Gasteiger partial charge in [-0.2, -0.15) is 0 Å². The molecule has 3 heteroatoms. The average Bonchev–Trinajstić information content (AvgIpc) is 2.33. The van der Waals surface area contributed by atoms with Crippen LogP contribution in [0.15, 0.2) is 18.2 Å². The lowest BCUT2D eigenvalue weighted by molar-refractivity contribution is 0.156. The third-order valence-corrected chi connectivity index (χ3v) is 3.66. The van der Waals surface area contributed by atoms with Crippen molar-refractivity contribution < 1.29 is 10.2 Å². The van der Waals surface area contributed by atoms with Crippen molar-refractivity contribution in [3.8, 4) is 11.5 Å². The molecular formula is C16H27NO2. The summed E-state index contributed by atoms with van der Waals surface area (Å²) in [6.45, 7) is 9.53. The Balaban J connectivity index is 2.89. The van der Waals surface area contributed by atoms with Crippen LogP contribution in [0, 0.1) is 0 Å². The van der Waals surface area contributed by atoms with Gasteiger partial charge in [-0.05, 0) is 45.9 Å². The zero-order valence-corrected chi connectivity index (χ0v) is 12.6. The smallest absolute Gasteiger partial charge is 0.124 e. The number of phenols is 2. The van der Waals surface area contributed by atoms with E-state index in [1.165, 1.54) is 12.8 Å². The maximum atomic E-state index is 9.98. The van der Waals surface area contributed by atoms with E-state index >= 15 is 0 Å². The van der Waals surface area contributed by atoms with E-state index < -0.39 is 0 Å². The van der Waals surface area contributed by atoms with E-state index in [4.69, 9.17) is 0 Å². The first-order valence-corrected chi connectivity index (χ1v) is 7.25. The second-order valence-electron chi connectivity index (χ2n) is 5.42. The highest BCUT2D eigenvalue weighted by atomic mass is 16.3. The fourth-order valence-electron chi connectivity index (χ4n) is 2.58. The van der Waals surface area contributed by atoms with Crippen LogP contribution in [0.1, 0.15) is 58.6 Å². The lowest BCUT2D eigenvalue weighted by atomic mass is 10.0. The summed E-state index contributed by atoms with van der Waals surface area (Å²) in [5, 5.41) is 20.0. The number of aromatic hydroxyl groups is 2. The zero-order valence-electron chi connectivity index (χ0n) is 12.6. The predicted molar refractivity (Wildman–Crippen MR) is 79.6 cm³/mol. The van der Waals surface area contributed by atoms with Crippen LogP contribution < -0.4 is 0 Å². The van der Waals surface area contributed by atoms with Gasteiger partial charge in [0.2, 0.25) is 0 Å². The molecule has 2 N–H and O–H groups in total. The Morgan fingerprint density at radius 2 is 1.63 bits per heavy atom.